The average Bonchev–Trinajstić information content (AvgIpc) is 2.94. The van der Waals surface area contributed by atoms with Crippen LogP contribution in [0.4, 0.5) is 0 Å². The molecule has 1 atom stereocenters. The topological polar surface area (TPSA) is 12.5 Å². The van der Waals surface area contributed by atoms with Gasteiger partial charge in [-0.2, -0.15) is 0 Å². The van der Waals surface area contributed by atoms with Gasteiger partial charge in [0, 0.05) is 0 Å². The van der Waals surface area contributed by atoms with Gasteiger partial charge in [-0.25, -0.2) is 0 Å². The van der Waals surface area contributed by atoms with Gasteiger partial charge in [0.2, 0.25) is 0 Å². The zero-order valence-electron chi connectivity index (χ0n) is 11.1. The predicted molar refractivity (Wildman–Crippen MR) is 66.2 cm³/mol. The summed E-state index contributed by atoms with van der Waals surface area (Å²) in [6.07, 6.45) is 10.3. The molecule has 0 aliphatic carbocycles. The Bertz CT molecular complexity index is 184. The van der Waals surface area contributed by atoms with Gasteiger partial charge < -0.3 is 4.74 Å². The van der Waals surface area contributed by atoms with Gasteiger partial charge in [0.25, 0.3) is 0 Å². The number of hydrogen-bond acceptors (Lipinski definition) is 1. The highest BCUT2D eigenvalue weighted by molar-refractivity contribution is 5.13. The van der Waals surface area contributed by atoms with Crippen LogP contribution in [0.1, 0.15) is 79.1 Å². The van der Waals surface area contributed by atoms with Gasteiger partial charge in [-0.1, -0.05) is 53.4 Å². The summed E-state index contributed by atoms with van der Waals surface area (Å²) in [5.74, 6) is 0. The van der Waals surface area contributed by atoms with Crippen molar-refractivity contribution in [2.24, 2.45) is 0 Å². The number of rotatable bonds is 8. The first kappa shape index (κ1) is 13.0. The van der Waals surface area contributed by atoms with Crippen molar-refractivity contribution in [3.05, 3.63) is 0 Å². The average molecular weight is 212 g/mol. The molecule has 1 rings (SSSR count). The van der Waals surface area contributed by atoms with Crippen LogP contribution in [0.5, 0.6) is 0 Å². The van der Waals surface area contributed by atoms with Crippen LogP contribution in [0.15, 0.2) is 0 Å². The lowest BCUT2D eigenvalue weighted by Gasteiger charge is -2.16. The van der Waals surface area contributed by atoms with Crippen LogP contribution in [0.3, 0.4) is 0 Å². The van der Waals surface area contributed by atoms with E-state index in [1.165, 1.54) is 51.4 Å². The van der Waals surface area contributed by atoms with Crippen molar-refractivity contribution in [2.75, 3.05) is 0 Å². The Kier molecular flexibility index (Phi) is 4.64. The Hall–Kier alpha value is -0.0400. The normalized spacial score (nSPS) is 28.0. The lowest BCUT2D eigenvalue weighted by molar-refractivity contribution is 0.240. The maximum atomic E-state index is 6.12. The molecular formula is C14H28O. The first-order chi connectivity index (χ1) is 7.20. The monoisotopic (exact) mass is 212 g/mol. The molecule has 0 aromatic carbocycles. The van der Waals surface area contributed by atoms with Crippen molar-refractivity contribution in [3.8, 4) is 0 Å². The summed E-state index contributed by atoms with van der Waals surface area (Å²) >= 11 is 0. The smallest absolute Gasteiger partial charge is 0.0977 e. The van der Waals surface area contributed by atoms with Crippen molar-refractivity contribution in [2.45, 2.75) is 90.3 Å². The second kappa shape index (κ2) is 5.34. The van der Waals surface area contributed by atoms with Crippen molar-refractivity contribution in [1.29, 1.82) is 0 Å². The van der Waals surface area contributed by atoms with Crippen LogP contribution >= 0.6 is 0 Å². The van der Waals surface area contributed by atoms with Crippen molar-refractivity contribution >= 4 is 0 Å². The maximum Gasteiger partial charge on any atom is 0.0977 e. The number of ether oxygens (including phenoxy) is 1. The minimum absolute atomic E-state index is 0.244. The fourth-order valence-electron chi connectivity index (χ4n) is 3.07. The second-order valence-electron chi connectivity index (χ2n) is 4.96. The highest BCUT2D eigenvalue weighted by atomic mass is 16.6. The summed E-state index contributed by atoms with van der Waals surface area (Å²) in [4.78, 5) is 0. The van der Waals surface area contributed by atoms with E-state index < -0.39 is 0 Å². The molecule has 0 amide bonds. The Morgan fingerprint density at radius 3 is 1.73 bits per heavy atom. The lowest BCUT2D eigenvalue weighted by Crippen LogP contribution is -2.24. The summed E-state index contributed by atoms with van der Waals surface area (Å²) in [7, 11) is 0. The maximum absolute atomic E-state index is 6.12. The molecule has 0 bridgehead atoms. The summed E-state index contributed by atoms with van der Waals surface area (Å²) < 4.78 is 6.12. The lowest BCUT2D eigenvalue weighted by atomic mass is 9.82. The first-order valence-corrected chi connectivity index (χ1v) is 6.90. The Labute approximate surface area is 95.6 Å². The van der Waals surface area contributed by atoms with Crippen LogP contribution in [-0.4, -0.2) is 11.2 Å². The van der Waals surface area contributed by atoms with Gasteiger partial charge in [-0.15, -0.1) is 0 Å². The highest BCUT2D eigenvalue weighted by Gasteiger charge is 2.65. The Morgan fingerprint density at radius 1 is 0.733 bits per heavy atom. The van der Waals surface area contributed by atoms with Crippen molar-refractivity contribution in [1.82, 2.24) is 0 Å². The van der Waals surface area contributed by atoms with Gasteiger partial charge in [-0.05, 0) is 25.7 Å². The minimum Gasteiger partial charge on any atom is -0.363 e. The molecule has 1 aliphatic heterocycles. The van der Waals surface area contributed by atoms with Crippen LogP contribution in [0.2, 0.25) is 0 Å². The highest BCUT2D eigenvalue weighted by Crippen LogP contribution is 2.57. The molecule has 0 saturated carbocycles. The van der Waals surface area contributed by atoms with Gasteiger partial charge in [0.1, 0.15) is 0 Å². The van der Waals surface area contributed by atoms with Crippen molar-refractivity contribution < 1.29 is 4.74 Å². The van der Waals surface area contributed by atoms with Gasteiger partial charge in [0.05, 0.1) is 11.2 Å². The van der Waals surface area contributed by atoms with Gasteiger partial charge in [-0.3, -0.25) is 0 Å². The third-order valence-electron chi connectivity index (χ3n) is 4.33. The van der Waals surface area contributed by atoms with Crippen LogP contribution < -0.4 is 0 Å². The summed E-state index contributed by atoms with van der Waals surface area (Å²) in [6.45, 7) is 9.10. The summed E-state index contributed by atoms with van der Waals surface area (Å²) in [5.41, 5.74) is 0.498. The van der Waals surface area contributed by atoms with E-state index in [0.717, 1.165) is 0 Å². The van der Waals surface area contributed by atoms with Crippen LogP contribution in [0.25, 0.3) is 0 Å². The predicted octanol–water partition coefficient (Wildman–Crippen LogP) is 4.69. The van der Waals surface area contributed by atoms with E-state index in [0.29, 0.717) is 0 Å². The third kappa shape index (κ3) is 2.38. The molecule has 0 aromatic heterocycles. The molecule has 1 heteroatoms. The molecule has 0 N–H and O–H groups in total. The molecule has 1 saturated heterocycles. The Balaban J connectivity index is 2.37. The molecule has 1 nitrogen and oxygen atoms in total. The van der Waals surface area contributed by atoms with Gasteiger partial charge in [0.15, 0.2) is 0 Å². The van der Waals surface area contributed by atoms with E-state index in [1.807, 2.05) is 0 Å². The van der Waals surface area contributed by atoms with E-state index in [-0.39, 0.29) is 11.2 Å². The molecule has 0 aromatic rings. The second-order valence-corrected chi connectivity index (χ2v) is 4.96. The zero-order chi connectivity index (χ0) is 11.4. The molecule has 15 heavy (non-hydrogen) atoms. The first-order valence-electron chi connectivity index (χ1n) is 6.90. The van der Waals surface area contributed by atoms with E-state index in [9.17, 15) is 0 Å². The molecule has 1 unspecified atom stereocenters. The summed E-state index contributed by atoms with van der Waals surface area (Å²) in [6, 6.07) is 0. The van der Waals surface area contributed by atoms with Crippen molar-refractivity contribution in [3.63, 3.8) is 0 Å². The standard InChI is InChI=1S/C14H28O/c1-5-9-10-11-12-14(8-4)13(6-2,7-3)15-14/h5-12H2,1-4H3. The number of unbranched alkanes of at least 4 members (excludes halogenated alkanes) is 3. The largest absolute Gasteiger partial charge is 0.363 e. The van der Waals surface area contributed by atoms with E-state index in [4.69, 9.17) is 4.74 Å². The number of epoxide rings is 1. The molecule has 0 radical (unpaired) electrons. The molecule has 1 fully saturated rings. The van der Waals surface area contributed by atoms with Crippen LogP contribution in [-0.2, 0) is 4.74 Å². The van der Waals surface area contributed by atoms with Crippen LogP contribution in [0, 0.1) is 0 Å². The Morgan fingerprint density at radius 2 is 1.33 bits per heavy atom. The van der Waals surface area contributed by atoms with E-state index in [1.54, 1.807) is 0 Å². The van der Waals surface area contributed by atoms with E-state index >= 15 is 0 Å². The quantitative estimate of drug-likeness (QED) is 0.420. The fraction of sp³-hybridized carbons (Fsp3) is 1.00. The minimum atomic E-state index is 0.244. The molecule has 1 heterocycles. The molecular weight excluding hydrogens is 184 g/mol. The van der Waals surface area contributed by atoms with E-state index in [2.05, 4.69) is 27.7 Å². The SMILES string of the molecule is CCCCCCC1(CC)OC1(CC)CC. The summed E-state index contributed by atoms with van der Waals surface area (Å²) in [5, 5.41) is 0. The fourth-order valence-corrected chi connectivity index (χ4v) is 3.07. The van der Waals surface area contributed by atoms with Gasteiger partial charge >= 0.3 is 0 Å². The zero-order valence-corrected chi connectivity index (χ0v) is 11.1. The number of hydrogen-bond donors (Lipinski definition) is 0. The third-order valence-corrected chi connectivity index (χ3v) is 4.33. The molecule has 90 valence electrons. The molecule has 1 aliphatic rings. The molecule has 0 spiro atoms.